The summed E-state index contributed by atoms with van der Waals surface area (Å²) in [4.78, 5) is 7.79. The first kappa shape index (κ1) is 16.1. The maximum Gasteiger partial charge on any atom is 0.305 e. The molecule has 0 saturated heterocycles. The lowest BCUT2D eigenvalue weighted by atomic mass is 10.2. The van der Waals surface area contributed by atoms with Crippen LogP contribution < -0.4 is 4.98 Å². The number of fused-ring (bicyclic) bond motifs is 1. The summed E-state index contributed by atoms with van der Waals surface area (Å²) in [5.41, 5.74) is 5.00. The quantitative estimate of drug-likeness (QED) is 0.563. The lowest BCUT2D eigenvalue weighted by Gasteiger charge is -1.92. The van der Waals surface area contributed by atoms with E-state index >= 15 is 0 Å². The second kappa shape index (κ2) is 6.47. The molecule has 0 aliphatic rings. The van der Waals surface area contributed by atoms with Crippen molar-refractivity contribution in [2.45, 2.75) is 13.5 Å². The van der Waals surface area contributed by atoms with E-state index in [0.29, 0.717) is 11.5 Å². The van der Waals surface area contributed by atoms with Crippen LogP contribution in [0.5, 0.6) is 0 Å². The molecule has 6 heteroatoms. The predicted molar refractivity (Wildman–Crippen MR) is 97.0 cm³/mol. The summed E-state index contributed by atoms with van der Waals surface area (Å²) in [6, 6.07) is 13.8. The second-order valence-corrected chi connectivity index (χ2v) is 6.05. The molecular formula is C20H18N5O+. The van der Waals surface area contributed by atoms with Crippen LogP contribution in [-0.4, -0.2) is 24.3 Å². The highest BCUT2D eigenvalue weighted by Gasteiger charge is 2.16. The Hall–Kier alpha value is -3.43. The van der Waals surface area contributed by atoms with E-state index in [0.717, 1.165) is 28.3 Å². The van der Waals surface area contributed by atoms with Crippen molar-refractivity contribution in [1.29, 1.82) is 0 Å². The Morgan fingerprint density at radius 3 is 2.69 bits per heavy atom. The smallest absolute Gasteiger partial charge is 0.305 e. The molecule has 128 valence electrons. The molecule has 4 rings (SSSR count). The fraction of sp³-hybridized carbons (Fsp3) is 0.150. The Morgan fingerprint density at radius 2 is 1.92 bits per heavy atom. The van der Waals surface area contributed by atoms with Gasteiger partial charge >= 0.3 is 5.65 Å². The molecule has 0 amide bonds. The summed E-state index contributed by atoms with van der Waals surface area (Å²) in [6.07, 6.45) is 1.96. The molecule has 0 fully saturated rings. The summed E-state index contributed by atoms with van der Waals surface area (Å²) in [5.74, 6) is 6.81. The molecule has 0 unspecified atom stereocenters. The van der Waals surface area contributed by atoms with Gasteiger partial charge in [0.2, 0.25) is 5.69 Å². The van der Waals surface area contributed by atoms with Crippen LogP contribution in [-0.2, 0) is 13.7 Å². The van der Waals surface area contributed by atoms with Gasteiger partial charge in [-0.2, -0.15) is 0 Å². The van der Waals surface area contributed by atoms with Crippen molar-refractivity contribution in [3.63, 3.8) is 0 Å². The molecule has 4 aromatic rings. The predicted octanol–water partition coefficient (Wildman–Crippen LogP) is 1.75. The van der Waals surface area contributed by atoms with Gasteiger partial charge in [0, 0.05) is 31.8 Å². The van der Waals surface area contributed by atoms with Crippen LogP contribution in [0, 0.1) is 18.8 Å². The zero-order valence-electron chi connectivity index (χ0n) is 14.6. The number of hydrogen-bond acceptors (Lipinski definition) is 3. The van der Waals surface area contributed by atoms with E-state index in [1.165, 1.54) is 0 Å². The lowest BCUT2D eigenvalue weighted by molar-refractivity contribution is -0.354. The average Bonchev–Trinajstić information content (AvgIpc) is 3.19. The number of nitrogens with zero attached hydrogens (tertiary/aromatic N) is 4. The monoisotopic (exact) mass is 344 g/mol. The van der Waals surface area contributed by atoms with Crippen molar-refractivity contribution in [2.24, 2.45) is 7.05 Å². The fourth-order valence-electron chi connectivity index (χ4n) is 2.85. The molecule has 6 nitrogen and oxygen atoms in total. The van der Waals surface area contributed by atoms with E-state index in [4.69, 9.17) is 0 Å². The van der Waals surface area contributed by atoms with Crippen LogP contribution in [0.1, 0.15) is 22.9 Å². The number of aliphatic hydroxyl groups is 1. The van der Waals surface area contributed by atoms with Crippen molar-refractivity contribution in [1.82, 2.24) is 19.2 Å². The molecule has 0 aliphatic carbocycles. The standard InChI is InChI=1S/C20H17N5O/c1-14-18(13-26)25-20(21-14)11-9-16(23-25)8-10-19-22-17(12-24(19)2)15-6-4-3-5-7-15/h3-7,9,11-12,26H,13H2,1-2H3/p+1. The number of hydrogen-bond donors (Lipinski definition) is 1. The summed E-state index contributed by atoms with van der Waals surface area (Å²) < 4.78 is 3.59. The lowest BCUT2D eigenvalue weighted by Crippen LogP contribution is -2.03. The van der Waals surface area contributed by atoms with Crippen molar-refractivity contribution < 1.29 is 10.1 Å². The molecule has 1 aromatic carbocycles. The van der Waals surface area contributed by atoms with Gasteiger partial charge in [0.15, 0.2) is 11.5 Å². The third-order valence-electron chi connectivity index (χ3n) is 4.24. The van der Waals surface area contributed by atoms with E-state index in [9.17, 15) is 5.11 Å². The first-order chi connectivity index (χ1) is 12.7. The highest BCUT2D eigenvalue weighted by molar-refractivity contribution is 5.59. The average molecular weight is 344 g/mol. The molecule has 0 spiro atoms. The number of H-pyrrole nitrogens is 1. The van der Waals surface area contributed by atoms with Gasteiger partial charge in [-0.05, 0) is 17.9 Å². The summed E-state index contributed by atoms with van der Waals surface area (Å²) in [5, 5.41) is 14.0. The number of nitrogens with one attached hydrogen (secondary N) is 1. The summed E-state index contributed by atoms with van der Waals surface area (Å²) >= 11 is 0. The Labute approximate surface area is 150 Å². The van der Waals surface area contributed by atoms with Crippen molar-refractivity contribution >= 4 is 5.65 Å². The van der Waals surface area contributed by atoms with Crippen molar-refractivity contribution in [2.75, 3.05) is 0 Å². The zero-order valence-corrected chi connectivity index (χ0v) is 14.6. The summed E-state index contributed by atoms with van der Waals surface area (Å²) in [6.45, 7) is 1.82. The maximum absolute atomic E-state index is 9.52. The Balaban J connectivity index is 1.70. The number of aromatic nitrogens is 5. The first-order valence-corrected chi connectivity index (χ1v) is 8.28. The third-order valence-corrected chi connectivity index (χ3v) is 4.24. The van der Waals surface area contributed by atoms with E-state index in [2.05, 4.69) is 26.9 Å². The summed E-state index contributed by atoms with van der Waals surface area (Å²) in [7, 11) is 1.92. The van der Waals surface area contributed by atoms with Crippen LogP contribution in [0.3, 0.4) is 0 Å². The van der Waals surface area contributed by atoms with Gasteiger partial charge in [-0.1, -0.05) is 39.9 Å². The number of benzene rings is 1. The number of imidazole rings is 2. The Kier molecular flexibility index (Phi) is 3.99. The van der Waals surface area contributed by atoms with Gasteiger partial charge in [0.1, 0.15) is 12.3 Å². The van der Waals surface area contributed by atoms with Gasteiger partial charge in [0.25, 0.3) is 0 Å². The minimum absolute atomic E-state index is 0.0832. The van der Waals surface area contributed by atoms with E-state index in [1.54, 1.807) is 4.52 Å². The van der Waals surface area contributed by atoms with Crippen molar-refractivity contribution in [3.8, 4) is 23.1 Å². The van der Waals surface area contributed by atoms with Crippen LogP contribution in [0.25, 0.3) is 16.9 Å². The van der Waals surface area contributed by atoms with Crippen LogP contribution in [0.4, 0.5) is 0 Å². The Morgan fingerprint density at radius 1 is 1.12 bits per heavy atom. The molecule has 0 atom stereocenters. The molecular weight excluding hydrogens is 326 g/mol. The van der Waals surface area contributed by atoms with Gasteiger partial charge in [-0.25, -0.2) is 9.97 Å². The molecule has 0 saturated carbocycles. The van der Waals surface area contributed by atoms with E-state index in [-0.39, 0.29) is 6.61 Å². The molecule has 0 aliphatic heterocycles. The van der Waals surface area contributed by atoms with Crippen molar-refractivity contribution in [3.05, 3.63) is 71.6 Å². The van der Waals surface area contributed by atoms with E-state index in [1.807, 2.05) is 67.2 Å². The van der Waals surface area contributed by atoms with Crippen LogP contribution in [0.15, 0.2) is 48.7 Å². The van der Waals surface area contributed by atoms with Gasteiger partial charge in [-0.15, -0.1) is 0 Å². The normalized spacial score (nSPS) is 10.7. The maximum atomic E-state index is 9.52. The molecule has 3 aromatic heterocycles. The number of aromatic amines is 1. The zero-order chi connectivity index (χ0) is 18.1. The molecule has 26 heavy (non-hydrogen) atoms. The largest absolute Gasteiger partial charge is 0.388 e. The first-order valence-electron chi connectivity index (χ1n) is 8.28. The molecule has 0 bridgehead atoms. The number of rotatable bonds is 2. The minimum Gasteiger partial charge on any atom is -0.388 e. The topological polar surface area (TPSA) is 69.5 Å². The number of aliphatic hydroxyl groups excluding tert-OH is 1. The minimum atomic E-state index is -0.0832. The van der Waals surface area contributed by atoms with E-state index < -0.39 is 0 Å². The van der Waals surface area contributed by atoms with Crippen LogP contribution in [0.2, 0.25) is 0 Å². The highest BCUT2D eigenvalue weighted by atomic mass is 16.3. The van der Waals surface area contributed by atoms with Gasteiger partial charge in [0.05, 0.1) is 5.69 Å². The second-order valence-electron chi connectivity index (χ2n) is 6.05. The van der Waals surface area contributed by atoms with Crippen LogP contribution >= 0.6 is 0 Å². The molecule has 0 radical (unpaired) electrons. The van der Waals surface area contributed by atoms with Gasteiger partial charge < -0.3 is 9.67 Å². The molecule has 2 N–H and O–H groups in total. The highest BCUT2D eigenvalue weighted by Crippen LogP contribution is 2.17. The molecule has 3 heterocycles. The number of aryl methyl sites for hydroxylation is 2. The fourth-order valence-corrected chi connectivity index (χ4v) is 2.85. The van der Waals surface area contributed by atoms with Gasteiger partial charge in [-0.3, -0.25) is 0 Å². The Bertz CT molecular complexity index is 1150. The third kappa shape index (κ3) is 2.85. The SMILES string of the molecule is Cc1[nH+]c2ccc(C#Cc3nc(-c4ccccc4)cn3C)nn2c1CO.